The number of ether oxygens (including phenoxy) is 1. The van der Waals surface area contributed by atoms with Crippen LogP contribution in [0.15, 0.2) is 42.5 Å². The van der Waals surface area contributed by atoms with Crippen LogP contribution < -0.4 is 4.74 Å². The molecule has 0 N–H and O–H groups in total. The first-order valence-electron chi connectivity index (χ1n) is 10.7. The number of ketones is 1. The Morgan fingerprint density at radius 1 is 1.14 bits per heavy atom. The summed E-state index contributed by atoms with van der Waals surface area (Å²) >= 11 is 0. The molecule has 0 aliphatic heterocycles. The highest BCUT2D eigenvalue weighted by Gasteiger charge is 2.43. The van der Waals surface area contributed by atoms with Gasteiger partial charge in [-0.1, -0.05) is 51.1 Å². The number of rotatable bonds is 7. The summed E-state index contributed by atoms with van der Waals surface area (Å²) in [5.41, 5.74) is 0. The van der Waals surface area contributed by atoms with Gasteiger partial charge in [-0.3, -0.25) is 4.79 Å². The highest BCUT2D eigenvalue weighted by atomic mass is 28.4. The van der Waals surface area contributed by atoms with E-state index in [-0.39, 0.29) is 11.1 Å². The average Bonchev–Trinajstić information content (AvgIpc) is 3.20. The van der Waals surface area contributed by atoms with Crippen molar-refractivity contribution in [2.45, 2.75) is 70.7 Å². The van der Waals surface area contributed by atoms with E-state index in [1.54, 1.807) is 0 Å². The molecule has 4 heteroatoms. The van der Waals surface area contributed by atoms with Gasteiger partial charge in [-0.25, -0.2) is 0 Å². The van der Waals surface area contributed by atoms with Crippen LogP contribution in [0.5, 0.6) is 5.75 Å². The number of carbonyl (C=O) groups is 1. The van der Waals surface area contributed by atoms with Crippen LogP contribution in [-0.2, 0) is 9.22 Å². The molecule has 154 valence electrons. The maximum absolute atomic E-state index is 12.0. The van der Waals surface area contributed by atoms with E-state index in [9.17, 15) is 4.79 Å². The summed E-state index contributed by atoms with van der Waals surface area (Å²) in [5.74, 6) is 2.74. The summed E-state index contributed by atoms with van der Waals surface area (Å²) in [4.78, 5) is 12.0. The minimum Gasteiger partial charge on any atom is -0.491 e. The Labute approximate surface area is 171 Å². The zero-order chi connectivity index (χ0) is 20.4. The molecular formula is C24H36O3Si. The molecule has 3 rings (SSSR count). The second-order valence-corrected chi connectivity index (χ2v) is 14.7. The first-order chi connectivity index (χ1) is 13.2. The standard InChI is InChI=1S/C24H36O3Si/c1-24(2,3)28(4,5)27-20(17-26-19-9-7-6-8-10-19)13-11-18-12-14-22-21(18)15-16-23(22)25/h6-11,13,18,20-22H,12,14-17H2,1-5H3/b13-11+. The van der Waals surface area contributed by atoms with Gasteiger partial charge >= 0.3 is 0 Å². The Morgan fingerprint density at radius 2 is 1.86 bits per heavy atom. The van der Waals surface area contributed by atoms with Gasteiger partial charge in [0.2, 0.25) is 0 Å². The lowest BCUT2D eigenvalue weighted by molar-refractivity contribution is -0.120. The van der Waals surface area contributed by atoms with Crippen LogP contribution in [0.2, 0.25) is 18.1 Å². The second kappa shape index (κ2) is 8.54. The lowest BCUT2D eigenvalue weighted by Gasteiger charge is -2.38. The van der Waals surface area contributed by atoms with Gasteiger partial charge in [-0.05, 0) is 61.4 Å². The molecular weight excluding hydrogens is 364 g/mol. The molecule has 0 bridgehead atoms. The van der Waals surface area contributed by atoms with Gasteiger partial charge in [0.25, 0.3) is 0 Å². The predicted molar refractivity (Wildman–Crippen MR) is 117 cm³/mol. The summed E-state index contributed by atoms with van der Waals surface area (Å²) in [7, 11) is -1.91. The number of hydrogen-bond donors (Lipinski definition) is 0. The maximum atomic E-state index is 12.0. The van der Waals surface area contributed by atoms with E-state index < -0.39 is 8.32 Å². The van der Waals surface area contributed by atoms with Gasteiger partial charge in [-0.15, -0.1) is 0 Å². The quantitative estimate of drug-likeness (QED) is 0.415. The Bertz CT molecular complexity index is 690. The van der Waals surface area contributed by atoms with Gasteiger partial charge in [0.1, 0.15) is 18.1 Å². The maximum Gasteiger partial charge on any atom is 0.193 e. The second-order valence-electron chi connectivity index (χ2n) is 9.94. The fourth-order valence-corrected chi connectivity index (χ4v) is 5.55. The van der Waals surface area contributed by atoms with Crippen molar-refractivity contribution < 1.29 is 14.0 Å². The molecule has 0 amide bonds. The highest BCUT2D eigenvalue weighted by Crippen LogP contribution is 2.46. The van der Waals surface area contributed by atoms with E-state index in [1.807, 2.05) is 30.3 Å². The fraction of sp³-hybridized carbons (Fsp3) is 0.625. The van der Waals surface area contributed by atoms with Crippen LogP contribution in [0, 0.1) is 17.8 Å². The van der Waals surface area contributed by atoms with Crippen molar-refractivity contribution in [1.29, 1.82) is 0 Å². The number of hydrogen-bond acceptors (Lipinski definition) is 3. The van der Waals surface area contributed by atoms with Crippen LogP contribution in [0.3, 0.4) is 0 Å². The molecule has 2 aliphatic rings. The Hall–Kier alpha value is -1.39. The molecule has 0 spiro atoms. The van der Waals surface area contributed by atoms with E-state index in [2.05, 4.69) is 46.0 Å². The van der Waals surface area contributed by atoms with Crippen molar-refractivity contribution in [2.24, 2.45) is 17.8 Å². The van der Waals surface area contributed by atoms with Crippen molar-refractivity contribution in [1.82, 2.24) is 0 Å². The number of Topliss-reactive ketones (excluding diaryl/α,β-unsaturated/α-hetero) is 1. The molecule has 0 heterocycles. The van der Waals surface area contributed by atoms with Crippen molar-refractivity contribution in [3.63, 3.8) is 0 Å². The van der Waals surface area contributed by atoms with E-state index in [0.29, 0.717) is 30.1 Å². The molecule has 4 atom stereocenters. The summed E-state index contributed by atoms with van der Waals surface area (Å²) in [5, 5.41) is 0.155. The molecule has 2 saturated carbocycles. The summed E-state index contributed by atoms with van der Waals surface area (Å²) in [6, 6.07) is 9.95. The van der Waals surface area contributed by atoms with Gasteiger partial charge in [0.15, 0.2) is 8.32 Å². The van der Waals surface area contributed by atoms with E-state index in [0.717, 1.165) is 31.4 Å². The molecule has 1 aromatic carbocycles. The molecule has 0 radical (unpaired) electrons. The van der Waals surface area contributed by atoms with Gasteiger partial charge in [0.05, 0.1) is 6.10 Å². The molecule has 2 aliphatic carbocycles. The van der Waals surface area contributed by atoms with E-state index in [1.165, 1.54) is 0 Å². The number of fused-ring (bicyclic) bond motifs is 1. The average molecular weight is 401 g/mol. The highest BCUT2D eigenvalue weighted by molar-refractivity contribution is 6.74. The number of carbonyl (C=O) groups excluding carboxylic acids is 1. The van der Waals surface area contributed by atoms with Crippen LogP contribution in [-0.4, -0.2) is 26.8 Å². The lowest BCUT2D eigenvalue weighted by atomic mass is 9.91. The molecule has 4 unspecified atom stereocenters. The van der Waals surface area contributed by atoms with Crippen LogP contribution >= 0.6 is 0 Å². The minimum absolute atomic E-state index is 0.0581. The Kier molecular flexibility index (Phi) is 6.50. The zero-order valence-electron chi connectivity index (χ0n) is 18.1. The third kappa shape index (κ3) is 4.96. The number of allylic oxidation sites excluding steroid dienone is 1. The molecule has 1 aromatic rings. The van der Waals surface area contributed by atoms with Crippen molar-refractivity contribution in [2.75, 3.05) is 6.61 Å². The largest absolute Gasteiger partial charge is 0.491 e. The van der Waals surface area contributed by atoms with E-state index in [4.69, 9.17) is 9.16 Å². The smallest absolute Gasteiger partial charge is 0.193 e. The summed E-state index contributed by atoms with van der Waals surface area (Å²) < 4.78 is 12.7. The van der Waals surface area contributed by atoms with Crippen molar-refractivity contribution >= 4 is 14.1 Å². The molecule has 3 nitrogen and oxygen atoms in total. The van der Waals surface area contributed by atoms with Crippen molar-refractivity contribution in [3.8, 4) is 5.75 Å². The van der Waals surface area contributed by atoms with E-state index >= 15 is 0 Å². The molecule has 0 saturated heterocycles. The van der Waals surface area contributed by atoms with Gasteiger partial charge < -0.3 is 9.16 Å². The van der Waals surface area contributed by atoms with Crippen LogP contribution in [0.25, 0.3) is 0 Å². The van der Waals surface area contributed by atoms with Gasteiger partial charge in [0, 0.05) is 12.3 Å². The molecule has 28 heavy (non-hydrogen) atoms. The first-order valence-corrected chi connectivity index (χ1v) is 13.6. The van der Waals surface area contributed by atoms with Crippen molar-refractivity contribution in [3.05, 3.63) is 42.5 Å². The minimum atomic E-state index is -1.91. The number of benzene rings is 1. The molecule has 0 aromatic heterocycles. The first kappa shape index (κ1) is 21.3. The lowest BCUT2D eigenvalue weighted by Crippen LogP contribution is -2.44. The third-order valence-electron chi connectivity index (χ3n) is 7.00. The summed E-state index contributed by atoms with van der Waals surface area (Å²) in [6.45, 7) is 11.9. The predicted octanol–water partition coefficient (Wildman–Crippen LogP) is 6.02. The SMILES string of the molecule is CC(C)(C)[Si](C)(C)OC(/C=C/C1CCC2C(=O)CCC12)COc1ccccc1. The van der Waals surface area contributed by atoms with Crippen LogP contribution in [0.4, 0.5) is 0 Å². The Balaban J connectivity index is 1.69. The van der Waals surface area contributed by atoms with Gasteiger partial charge in [-0.2, -0.15) is 0 Å². The topological polar surface area (TPSA) is 35.5 Å². The zero-order valence-corrected chi connectivity index (χ0v) is 19.1. The fourth-order valence-electron chi connectivity index (χ4n) is 4.29. The third-order valence-corrected chi connectivity index (χ3v) is 11.5. The summed E-state index contributed by atoms with van der Waals surface area (Å²) in [6.07, 6.45) is 8.52. The number of para-hydroxylation sites is 1. The normalized spacial score (nSPS) is 26.6. The Morgan fingerprint density at radius 3 is 2.54 bits per heavy atom. The van der Waals surface area contributed by atoms with Crippen LogP contribution in [0.1, 0.15) is 46.5 Å². The monoisotopic (exact) mass is 400 g/mol. The molecule has 2 fully saturated rings.